The summed E-state index contributed by atoms with van der Waals surface area (Å²) in [6.45, 7) is -0.568. The highest BCUT2D eigenvalue weighted by atomic mass is 19.2. The van der Waals surface area contributed by atoms with Gasteiger partial charge >= 0.3 is 11.9 Å². The largest absolute Gasteiger partial charge is 0.481 e. The Morgan fingerprint density at radius 3 is 2.23 bits per heavy atom. The zero-order valence-electron chi connectivity index (χ0n) is 25.6. The summed E-state index contributed by atoms with van der Waals surface area (Å²) in [6, 6.07) is 23.9. The Labute approximate surface area is 273 Å². The maximum Gasteiger partial charge on any atom is 0.306 e. The van der Waals surface area contributed by atoms with Crippen molar-refractivity contribution in [1.82, 2.24) is 5.32 Å². The molecule has 0 radical (unpaired) electrons. The molecule has 0 aliphatic carbocycles. The van der Waals surface area contributed by atoms with Crippen LogP contribution in [0.5, 0.6) is 0 Å². The molecule has 0 aromatic heterocycles. The Balaban J connectivity index is 1.57. The van der Waals surface area contributed by atoms with Crippen LogP contribution in [0.2, 0.25) is 0 Å². The van der Waals surface area contributed by atoms with Gasteiger partial charge in [0.15, 0.2) is 11.6 Å². The van der Waals surface area contributed by atoms with Gasteiger partial charge in [0.1, 0.15) is 5.82 Å². The monoisotopic (exact) mass is 657 g/mol. The zero-order chi connectivity index (χ0) is 34.4. The van der Waals surface area contributed by atoms with Crippen LogP contribution in [0, 0.1) is 17.5 Å². The van der Waals surface area contributed by atoms with Crippen molar-refractivity contribution in [2.75, 3.05) is 18.6 Å². The van der Waals surface area contributed by atoms with Crippen LogP contribution in [0.3, 0.4) is 0 Å². The highest BCUT2D eigenvalue weighted by Gasteiger charge is 2.37. The number of ether oxygens (including phenoxy) is 1. The second-order valence-electron chi connectivity index (χ2n) is 11.1. The molecule has 246 valence electrons. The third-order valence-corrected chi connectivity index (χ3v) is 7.92. The number of carboxylic acid groups (broad SMARTS) is 1. The summed E-state index contributed by atoms with van der Waals surface area (Å²) in [5.41, 5.74) is 2.54. The minimum absolute atomic E-state index is 0.0506. The molecule has 1 aliphatic rings. The number of nitrogens with one attached hydrogen (secondary N) is 1. The average Bonchev–Trinajstić information content (AvgIpc) is 3.18. The number of anilines is 1. The summed E-state index contributed by atoms with van der Waals surface area (Å²) in [5.74, 6) is -9.10. The summed E-state index contributed by atoms with van der Waals surface area (Å²) in [5, 5.41) is 11.7. The summed E-state index contributed by atoms with van der Waals surface area (Å²) >= 11 is 0. The summed E-state index contributed by atoms with van der Waals surface area (Å²) < 4.78 is 47.9. The number of carboxylic acids is 1. The molecule has 12 heteroatoms. The number of hydrogen-bond donors (Lipinski definition) is 2. The van der Waals surface area contributed by atoms with E-state index < -0.39 is 78.7 Å². The molecule has 48 heavy (non-hydrogen) atoms. The molecule has 0 saturated carbocycles. The molecule has 1 aliphatic heterocycles. The first kappa shape index (κ1) is 33.6. The van der Waals surface area contributed by atoms with E-state index in [2.05, 4.69) is 5.32 Å². The predicted molar refractivity (Wildman–Crippen MR) is 170 cm³/mol. The van der Waals surface area contributed by atoms with Crippen LogP contribution >= 0.6 is 0 Å². The highest BCUT2D eigenvalue weighted by molar-refractivity contribution is 6.20. The van der Waals surface area contributed by atoms with Gasteiger partial charge in [-0.3, -0.25) is 19.2 Å². The quantitative estimate of drug-likeness (QED) is 0.210. The molecule has 4 aromatic rings. The van der Waals surface area contributed by atoms with Crippen molar-refractivity contribution in [3.05, 3.63) is 137 Å². The van der Waals surface area contributed by atoms with Crippen LogP contribution in [0.15, 0.2) is 102 Å². The van der Waals surface area contributed by atoms with E-state index in [9.17, 15) is 32.3 Å². The van der Waals surface area contributed by atoms with E-state index in [1.54, 1.807) is 43.4 Å². The fraction of sp³-hybridized carbons (Fsp3) is 0.194. The van der Waals surface area contributed by atoms with Gasteiger partial charge in [0.05, 0.1) is 36.8 Å². The van der Waals surface area contributed by atoms with E-state index in [0.717, 1.165) is 24.3 Å². The van der Waals surface area contributed by atoms with Gasteiger partial charge in [-0.2, -0.15) is 0 Å². The van der Waals surface area contributed by atoms with Crippen LogP contribution < -0.4 is 10.2 Å². The summed E-state index contributed by atoms with van der Waals surface area (Å²) in [4.78, 5) is 57.7. The molecular weight excluding hydrogens is 627 g/mol. The molecule has 4 aromatic carbocycles. The first-order chi connectivity index (χ1) is 23.0. The molecule has 0 spiro atoms. The van der Waals surface area contributed by atoms with Crippen molar-refractivity contribution in [3.8, 4) is 0 Å². The number of amides is 2. The van der Waals surface area contributed by atoms with Gasteiger partial charge in [-0.25, -0.2) is 18.2 Å². The first-order valence-corrected chi connectivity index (χ1v) is 14.9. The van der Waals surface area contributed by atoms with Crippen LogP contribution in [-0.4, -0.2) is 54.4 Å². The maximum atomic E-state index is 14.5. The van der Waals surface area contributed by atoms with Crippen LogP contribution in [0.1, 0.15) is 46.9 Å². The van der Waals surface area contributed by atoms with E-state index in [0.29, 0.717) is 22.5 Å². The minimum Gasteiger partial charge on any atom is -0.481 e. The van der Waals surface area contributed by atoms with Gasteiger partial charge < -0.3 is 20.1 Å². The second-order valence-corrected chi connectivity index (χ2v) is 11.1. The number of benzene rings is 4. The fourth-order valence-electron chi connectivity index (χ4n) is 5.50. The molecule has 2 amide bonds. The van der Waals surface area contributed by atoms with Crippen molar-refractivity contribution in [2.24, 2.45) is 4.99 Å². The molecule has 0 bridgehead atoms. The Morgan fingerprint density at radius 2 is 1.54 bits per heavy atom. The smallest absolute Gasteiger partial charge is 0.306 e. The lowest BCUT2D eigenvalue weighted by atomic mass is 9.81. The number of rotatable bonds is 11. The number of esters is 1. The number of carbonyl (C=O) groups excluding carboxylic acids is 3. The lowest BCUT2D eigenvalue weighted by Crippen LogP contribution is -2.48. The number of aliphatic imine (C=N–C) groups is 1. The van der Waals surface area contributed by atoms with Gasteiger partial charge in [-0.15, -0.1) is 0 Å². The number of para-hydroxylation sites is 1. The molecule has 1 heterocycles. The maximum absolute atomic E-state index is 14.5. The van der Waals surface area contributed by atoms with E-state index in [1.165, 1.54) is 23.1 Å². The third kappa shape index (κ3) is 7.60. The number of likely N-dealkylation sites (N-methyl/N-ethyl adjacent to an activating group) is 1. The number of carbonyl (C=O) groups is 4. The molecule has 5 rings (SSSR count). The SMILES string of the molecule is CN1C(=O)[C@@H](NC(=O)[C@@H](c2ccc(F)cc2)[C@@H](COC(=O)CCC(=O)O)c2ccc(F)c(F)c2)N=C(c2ccccc2)c2ccccc21. The Kier molecular flexibility index (Phi) is 10.3. The summed E-state index contributed by atoms with van der Waals surface area (Å²) in [7, 11) is 1.54. The lowest BCUT2D eigenvalue weighted by molar-refractivity contribution is -0.148. The number of nitrogens with zero attached hydrogens (tertiary/aromatic N) is 2. The molecule has 3 atom stereocenters. The Bertz CT molecular complexity index is 1870. The number of aliphatic carboxylic acids is 1. The van der Waals surface area contributed by atoms with Gasteiger partial charge in [0.25, 0.3) is 5.91 Å². The first-order valence-electron chi connectivity index (χ1n) is 14.9. The van der Waals surface area contributed by atoms with Crippen molar-refractivity contribution in [1.29, 1.82) is 0 Å². The van der Waals surface area contributed by atoms with Gasteiger partial charge in [0, 0.05) is 24.1 Å². The van der Waals surface area contributed by atoms with Crippen LogP contribution in [0.25, 0.3) is 0 Å². The number of benzodiazepines with no additional fused rings is 1. The van der Waals surface area contributed by atoms with Gasteiger partial charge in [-0.1, -0.05) is 66.7 Å². The van der Waals surface area contributed by atoms with E-state index >= 15 is 0 Å². The van der Waals surface area contributed by atoms with Gasteiger partial charge in [-0.05, 0) is 41.5 Å². The molecule has 0 saturated heterocycles. The molecular formula is C36H30F3N3O6. The van der Waals surface area contributed by atoms with Crippen molar-refractivity contribution >= 4 is 35.2 Å². The highest BCUT2D eigenvalue weighted by Crippen LogP contribution is 2.36. The number of fused-ring (bicyclic) bond motifs is 1. The van der Waals surface area contributed by atoms with Gasteiger partial charge in [0.2, 0.25) is 12.1 Å². The average molecular weight is 658 g/mol. The molecule has 0 fully saturated rings. The number of halogens is 3. The topological polar surface area (TPSA) is 125 Å². The lowest BCUT2D eigenvalue weighted by Gasteiger charge is -2.29. The molecule has 9 nitrogen and oxygen atoms in total. The predicted octanol–water partition coefficient (Wildman–Crippen LogP) is 5.34. The third-order valence-electron chi connectivity index (χ3n) is 7.92. The van der Waals surface area contributed by atoms with Crippen LogP contribution in [-0.2, 0) is 23.9 Å². The zero-order valence-corrected chi connectivity index (χ0v) is 25.6. The van der Waals surface area contributed by atoms with E-state index in [1.807, 2.05) is 18.2 Å². The van der Waals surface area contributed by atoms with Crippen molar-refractivity contribution in [3.63, 3.8) is 0 Å². The molecule has 2 N–H and O–H groups in total. The summed E-state index contributed by atoms with van der Waals surface area (Å²) in [6.07, 6.45) is -2.46. The van der Waals surface area contributed by atoms with E-state index in [4.69, 9.17) is 14.8 Å². The minimum atomic E-state index is -1.46. The van der Waals surface area contributed by atoms with Crippen molar-refractivity contribution < 1.29 is 42.2 Å². The molecule has 0 unspecified atom stereocenters. The standard InChI is InChI=1S/C36H30F3N3O6/c1-42-29-10-6-5-9-25(29)33(22-7-3-2-4-8-22)40-34(36(42)47)41-35(46)32(21-11-14-24(37)15-12-21)26(20-48-31(45)18-17-30(43)44)23-13-16-27(38)28(39)19-23/h2-16,19,26,32,34H,17-18,20H2,1H3,(H,41,46)(H,43,44)/t26-,32-,34+/m0/s1. The van der Waals surface area contributed by atoms with Crippen molar-refractivity contribution in [2.45, 2.75) is 30.8 Å². The normalized spacial score (nSPS) is 15.4. The Hall–Kier alpha value is -5.78. The Morgan fingerprint density at radius 1 is 0.875 bits per heavy atom. The number of hydrogen-bond acceptors (Lipinski definition) is 6. The van der Waals surface area contributed by atoms with Crippen LogP contribution in [0.4, 0.5) is 18.9 Å². The van der Waals surface area contributed by atoms with E-state index in [-0.39, 0.29) is 11.1 Å². The second kappa shape index (κ2) is 14.8. The fourth-order valence-corrected chi connectivity index (χ4v) is 5.50.